The Hall–Kier alpha value is -0.750. The quantitative estimate of drug-likeness (QED) is 0.517. The van der Waals surface area contributed by atoms with E-state index in [-0.39, 0.29) is 0 Å². The summed E-state index contributed by atoms with van der Waals surface area (Å²) in [7, 11) is 2.61. The molecule has 0 aliphatic carbocycles. The summed E-state index contributed by atoms with van der Waals surface area (Å²) in [4.78, 5) is 0. The van der Waals surface area contributed by atoms with Gasteiger partial charge in [0.05, 0.1) is 0 Å². The van der Waals surface area contributed by atoms with Crippen LogP contribution < -0.4 is 14.8 Å². The zero-order valence-corrected chi connectivity index (χ0v) is 6.49. The summed E-state index contributed by atoms with van der Waals surface area (Å²) in [6.45, 7) is 0.351. The summed E-state index contributed by atoms with van der Waals surface area (Å²) in [5.41, 5.74) is 0. The third-order valence-corrected chi connectivity index (χ3v) is 1.76. The van der Waals surface area contributed by atoms with E-state index in [4.69, 9.17) is 9.47 Å². The van der Waals surface area contributed by atoms with Crippen molar-refractivity contribution < 1.29 is 9.47 Å². The highest BCUT2D eigenvalue weighted by Crippen LogP contribution is 2.30. The van der Waals surface area contributed by atoms with Gasteiger partial charge in [0.15, 0.2) is 11.5 Å². The predicted octanol–water partition coefficient (Wildman–Crippen LogP) is 0.916. The summed E-state index contributed by atoms with van der Waals surface area (Å²) >= 11 is 0. The van der Waals surface area contributed by atoms with E-state index in [2.05, 4.69) is 9.24 Å². The van der Waals surface area contributed by atoms with Crippen LogP contribution in [-0.4, -0.2) is 6.79 Å². The molecule has 0 aromatic heterocycles. The first-order valence-corrected chi connectivity index (χ1v) is 3.59. The lowest BCUT2D eigenvalue weighted by Gasteiger charge is -1.94. The van der Waals surface area contributed by atoms with E-state index in [0.29, 0.717) is 6.79 Å². The van der Waals surface area contributed by atoms with E-state index in [1.54, 1.807) is 0 Å². The molecule has 2 rings (SSSR count). The first-order chi connectivity index (χ1) is 4.86. The van der Waals surface area contributed by atoms with Gasteiger partial charge in [-0.15, -0.1) is 9.24 Å². The first kappa shape index (κ1) is 5.99. The van der Waals surface area contributed by atoms with Crippen molar-refractivity contribution >= 4 is 14.5 Å². The summed E-state index contributed by atoms with van der Waals surface area (Å²) in [5.74, 6) is 1.68. The molecule has 3 heteroatoms. The van der Waals surface area contributed by atoms with Crippen LogP contribution in [0.4, 0.5) is 0 Å². The molecule has 1 aromatic rings. The highest BCUT2D eigenvalue weighted by atomic mass is 31.0. The number of hydrogen-bond donors (Lipinski definition) is 0. The highest BCUT2D eigenvalue weighted by Gasteiger charge is 2.11. The summed E-state index contributed by atoms with van der Waals surface area (Å²) in [6.07, 6.45) is 0. The number of hydrogen-bond acceptors (Lipinski definition) is 2. The van der Waals surface area contributed by atoms with Crippen LogP contribution in [-0.2, 0) is 0 Å². The van der Waals surface area contributed by atoms with E-state index in [0.717, 1.165) is 16.8 Å². The molecule has 2 nitrogen and oxygen atoms in total. The molecule has 0 spiro atoms. The van der Waals surface area contributed by atoms with Crippen LogP contribution in [0.3, 0.4) is 0 Å². The van der Waals surface area contributed by atoms with Gasteiger partial charge in [-0.2, -0.15) is 0 Å². The Bertz CT molecular complexity index is 260. The summed E-state index contributed by atoms with van der Waals surface area (Å²) in [5, 5.41) is 1.12. The molecule has 1 aliphatic rings. The smallest absolute Gasteiger partial charge is 0.231 e. The van der Waals surface area contributed by atoms with Crippen molar-refractivity contribution in [1.29, 1.82) is 0 Å². The van der Waals surface area contributed by atoms with Crippen LogP contribution >= 0.6 is 9.24 Å². The molecule has 1 atom stereocenters. The summed E-state index contributed by atoms with van der Waals surface area (Å²) < 4.78 is 10.3. The fraction of sp³-hybridized carbons (Fsp3) is 0.143. The molecule has 0 bridgehead atoms. The average Bonchev–Trinajstić information content (AvgIpc) is 2.33. The van der Waals surface area contributed by atoms with Crippen LogP contribution in [0.2, 0.25) is 0 Å². The van der Waals surface area contributed by atoms with E-state index in [1.807, 2.05) is 18.2 Å². The molecule has 1 unspecified atom stereocenters. The van der Waals surface area contributed by atoms with Crippen molar-refractivity contribution in [1.82, 2.24) is 0 Å². The standard InChI is InChI=1S/C7H7O2P/c10-5-1-2-6-7(3-5)9-4-8-6/h1-3H,4,10H2. The lowest BCUT2D eigenvalue weighted by molar-refractivity contribution is 0.174. The molecule has 0 N–H and O–H groups in total. The maximum absolute atomic E-state index is 5.14. The monoisotopic (exact) mass is 154 g/mol. The van der Waals surface area contributed by atoms with Crippen molar-refractivity contribution in [3.63, 3.8) is 0 Å². The molecule has 10 heavy (non-hydrogen) atoms. The Morgan fingerprint density at radius 3 is 2.90 bits per heavy atom. The number of fused-ring (bicyclic) bond motifs is 1. The second-order valence-electron chi connectivity index (χ2n) is 2.11. The Labute approximate surface area is 61.3 Å². The zero-order chi connectivity index (χ0) is 6.97. The van der Waals surface area contributed by atoms with Crippen molar-refractivity contribution in [2.75, 3.05) is 6.79 Å². The molecule has 52 valence electrons. The average molecular weight is 154 g/mol. The lowest BCUT2D eigenvalue weighted by Crippen LogP contribution is -1.93. The maximum atomic E-state index is 5.14. The fourth-order valence-corrected chi connectivity index (χ4v) is 1.16. The molecule has 0 fully saturated rings. The van der Waals surface area contributed by atoms with Crippen LogP contribution in [0, 0.1) is 0 Å². The van der Waals surface area contributed by atoms with Gasteiger partial charge in [-0.25, -0.2) is 0 Å². The molecule has 1 heterocycles. The molecule has 0 radical (unpaired) electrons. The predicted molar refractivity (Wildman–Crippen MR) is 41.9 cm³/mol. The largest absolute Gasteiger partial charge is 0.454 e. The van der Waals surface area contributed by atoms with Crippen molar-refractivity contribution in [2.45, 2.75) is 0 Å². The van der Waals surface area contributed by atoms with Gasteiger partial charge in [-0.1, -0.05) is 6.07 Å². The number of rotatable bonds is 0. The van der Waals surface area contributed by atoms with Crippen LogP contribution in [0.15, 0.2) is 18.2 Å². The Balaban J connectivity index is 2.52. The van der Waals surface area contributed by atoms with E-state index in [9.17, 15) is 0 Å². The van der Waals surface area contributed by atoms with Gasteiger partial charge < -0.3 is 9.47 Å². The highest BCUT2D eigenvalue weighted by molar-refractivity contribution is 7.27. The van der Waals surface area contributed by atoms with Crippen molar-refractivity contribution in [3.8, 4) is 11.5 Å². The number of ether oxygens (including phenoxy) is 2. The molecule has 1 aliphatic heterocycles. The van der Waals surface area contributed by atoms with Gasteiger partial charge in [0.1, 0.15) is 0 Å². The van der Waals surface area contributed by atoms with Gasteiger partial charge in [0.25, 0.3) is 0 Å². The molecule has 0 saturated carbocycles. The van der Waals surface area contributed by atoms with Crippen LogP contribution in [0.5, 0.6) is 11.5 Å². The van der Waals surface area contributed by atoms with Gasteiger partial charge in [-0.3, -0.25) is 0 Å². The van der Waals surface area contributed by atoms with Gasteiger partial charge in [-0.05, 0) is 17.4 Å². The SMILES string of the molecule is Pc1ccc2c(c1)OCO2. The number of benzene rings is 1. The molecule has 0 amide bonds. The Kier molecular flexibility index (Phi) is 1.28. The van der Waals surface area contributed by atoms with E-state index >= 15 is 0 Å². The van der Waals surface area contributed by atoms with Gasteiger partial charge >= 0.3 is 0 Å². The minimum absolute atomic E-state index is 0.351. The summed E-state index contributed by atoms with van der Waals surface area (Å²) in [6, 6.07) is 5.82. The normalized spacial score (nSPS) is 13.7. The van der Waals surface area contributed by atoms with Crippen molar-refractivity contribution in [3.05, 3.63) is 18.2 Å². The third kappa shape index (κ3) is 0.850. The lowest BCUT2D eigenvalue weighted by atomic mass is 10.3. The minimum atomic E-state index is 0.351. The molecular weight excluding hydrogens is 147 g/mol. The van der Waals surface area contributed by atoms with E-state index < -0.39 is 0 Å². The Morgan fingerprint density at radius 2 is 2.00 bits per heavy atom. The zero-order valence-electron chi connectivity index (χ0n) is 5.33. The second kappa shape index (κ2) is 2.14. The van der Waals surface area contributed by atoms with Gasteiger partial charge in [0.2, 0.25) is 6.79 Å². The third-order valence-electron chi connectivity index (χ3n) is 1.40. The fourth-order valence-electron chi connectivity index (χ4n) is 0.913. The van der Waals surface area contributed by atoms with Crippen LogP contribution in [0.25, 0.3) is 0 Å². The Morgan fingerprint density at radius 1 is 1.20 bits per heavy atom. The van der Waals surface area contributed by atoms with E-state index in [1.165, 1.54) is 0 Å². The minimum Gasteiger partial charge on any atom is -0.454 e. The molecule has 1 aromatic carbocycles. The first-order valence-electron chi connectivity index (χ1n) is 3.01. The van der Waals surface area contributed by atoms with Gasteiger partial charge in [0, 0.05) is 0 Å². The second-order valence-corrected chi connectivity index (χ2v) is 2.78. The van der Waals surface area contributed by atoms with Crippen molar-refractivity contribution in [2.24, 2.45) is 0 Å². The molecular formula is C7H7O2P. The van der Waals surface area contributed by atoms with Crippen LogP contribution in [0.1, 0.15) is 0 Å². The molecule has 0 saturated heterocycles. The topological polar surface area (TPSA) is 18.5 Å². The maximum Gasteiger partial charge on any atom is 0.231 e.